The molecule has 0 atom stereocenters. The molecule has 0 spiro atoms. The van der Waals surface area contributed by atoms with Crippen LogP contribution in [0.4, 0.5) is 0 Å². The molecule has 1 nitrogen and oxygen atoms in total. The standard InChI is InChI=1S/C15H17NS/c1-3-10-11-6-5-7-14-15(11)13(8-9-17-14)16-12(10)4-2/h5-7H,3-4,8-9H2,1-2H3. The molecule has 88 valence electrons. The molecule has 0 amide bonds. The van der Waals surface area contributed by atoms with Gasteiger partial charge in [0.15, 0.2) is 0 Å². The second-order valence-electron chi connectivity index (χ2n) is 4.47. The molecule has 0 unspecified atom stereocenters. The molecule has 2 aromatic rings. The quantitative estimate of drug-likeness (QED) is 0.790. The third kappa shape index (κ3) is 1.66. The van der Waals surface area contributed by atoms with E-state index in [0.717, 1.165) is 19.3 Å². The first-order valence-corrected chi connectivity index (χ1v) is 7.39. The summed E-state index contributed by atoms with van der Waals surface area (Å²) in [5.41, 5.74) is 4.08. The number of hydrogen-bond acceptors (Lipinski definition) is 2. The number of aryl methyl sites for hydroxylation is 3. The lowest BCUT2D eigenvalue weighted by Gasteiger charge is -2.19. The summed E-state index contributed by atoms with van der Waals surface area (Å²) in [6.45, 7) is 4.45. The zero-order valence-corrected chi connectivity index (χ0v) is 11.2. The van der Waals surface area contributed by atoms with E-state index in [1.807, 2.05) is 11.8 Å². The molecule has 2 heteroatoms. The van der Waals surface area contributed by atoms with E-state index >= 15 is 0 Å². The largest absolute Gasteiger partial charge is 0.257 e. The van der Waals surface area contributed by atoms with Crippen molar-refractivity contribution >= 4 is 22.5 Å². The van der Waals surface area contributed by atoms with Crippen LogP contribution in [0, 0.1) is 0 Å². The molecule has 0 saturated heterocycles. The molecule has 0 radical (unpaired) electrons. The number of rotatable bonds is 2. The van der Waals surface area contributed by atoms with Crippen molar-refractivity contribution in [3.8, 4) is 0 Å². The maximum Gasteiger partial charge on any atom is 0.0505 e. The lowest BCUT2D eigenvalue weighted by Crippen LogP contribution is -2.07. The second-order valence-corrected chi connectivity index (χ2v) is 5.60. The predicted molar refractivity (Wildman–Crippen MR) is 74.9 cm³/mol. The normalized spacial score (nSPS) is 14.2. The molecule has 0 saturated carbocycles. The van der Waals surface area contributed by atoms with Crippen LogP contribution < -0.4 is 0 Å². The molecule has 0 N–H and O–H groups in total. The number of benzene rings is 1. The predicted octanol–water partition coefficient (Wildman–Crippen LogP) is 4.01. The van der Waals surface area contributed by atoms with Crippen LogP contribution in [0.1, 0.15) is 30.8 Å². The van der Waals surface area contributed by atoms with Gasteiger partial charge in [-0.1, -0.05) is 26.0 Å². The molecular weight excluding hydrogens is 226 g/mol. The SMILES string of the molecule is CCc1nc2c3c(cccc3c1CC)SCC2. The summed E-state index contributed by atoms with van der Waals surface area (Å²) in [6, 6.07) is 6.70. The van der Waals surface area contributed by atoms with Crippen LogP contribution in [0.15, 0.2) is 23.1 Å². The van der Waals surface area contributed by atoms with Crippen LogP contribution in [0.2, 0.25) is 0 Å². The van der Waals surface area contributed by atoms with Crippen LogP contribution in [0.5, 0.6) is 0 Å². The molecule has 17 heavy (non-hydrogen) atoms. The Morgan fingerprint density at radius 1 is 1.24 bits per heavy atom. The van der Waals surface area contributed by atoms with Gasteiger partial charge >= 0.3 is 0 Å². The topological polar surface area (TPSA) is 12.9 Å². The lowest BCUT2D eigenvalue weighted by atomic mass is 9.98. The van der Waals surface area contributed by atoms with Crippen LogP contribution >= 0.6 is 11.8 Å². The van der Waals surface area contributed by atoms with Crippen LogP contribution in [-0.2, 0) is 19.3 Å². The van der Waals surface area contributed by atoms with E-state index < -0.39 is 0 Å². The van der Waals surface area contributed by atoms with Crippen molar-refractivity contribution < 1.29 is 0 Å². The third-order valence-electron chi connectivity index (χ3n) is 3.54. The molecular formula is C15H17NS. The van der Waals surface area contributed by atoms with E-state index in [4.69, 9.17) is 4.98 Å². The zero-order chi connectivity index (χ0) is 11.8. The summed E-state index contributed by atoms with van der Waals surface area (Å²) in [7, 11) is 0. The Morgan fingerprint density at radius 3 is 2.88 bits per heavy atom. The van der Waals surface area contributed by atoms with Crippen molar-refractivity contribution in [3.05, 3.63) is 35.2 Å². The van der Waals surface area contributed by atoms with Crippen molar-refractivity contribution in [1.29, 1.82) is 0 Å². The Bertz CT molecular complexity index is 575. The highest BCUT2D eigenvalue weighted by molar-refractivity contribution is 7.99. The Kier molecular flexibility index (Phi) is 2.83. The van der Waals surface area contributed by atoms with Gasteiger partial charge in [0.2, 0.25) is 0 Å². The molecule has 2 heterocycles. The highest BCUT2D eigenvalue weighted by atomic mass is 32.2. The van der Waals surface area contributed by atoms with Gasteiger partial charge in [-0.2, -0.15) is 0 Å². The van der Waals surface area contributed by atoms with Gasteiger partial charge in [-0.25, -0.2) is 0 Å². The van der Waals surface area contributed by atoms with Crippen molar-refractivity contribution in [3.63, 3.8) is 0 Å². The number of hydrogen-bond donors (Lipinski definition) is 0. The molecule has 1 aliphatic rings. The number of pyridine rings is 1. The van der Waals surface area contributed by atoms with Gasteiger partial charge in [0.05, 0.1) is 5.69 Å². The van der Waals surface area contributed by atoms with Crippen molar-refractivity contribution in [2.75, 3.05) is 5.75 Å². The van der Waals surface area contributed by atoms with Crippen molar-refractivity contribution in [2.24, 2.45) is 0 Å². The Morgan fingerprint density at radius 2 is 2.12 bits per heavy atom. The highest BCUT2D eigenvalue weighted by Crippen LogP contribution is 2.37. The van der Waals surface area contributed by atoms with Gasteiger partial charge in [-0.15, -0.1) is 11.8 Å². The van der Waals surface area contributed by atoms with Crippen LogP contribution in [-0.4, -0.2) is 10.7 Å². The smallest absolute Gasteiger partial charge is 0.0505 e. The van der Waals surface area contributed by atoms with Crippen LogP contribution in [0.25, 0.3) is 10.8 Å². The first-order chi connectivity index (χ1) is 8.35. The second kappa shape index (κ2) is 4.34. The van der Waals surface area contributed by atoms with Crippen molar-refractivity contribution in [1.82, 2.24) is 4.98 Å². The van der Waals surface area contributed by atoms with E-state index in [2.05, 4.69) is 32.0 Å². The molecule has 0 bridgehead atoms. The fourth-order valence-corrected chi connectivity index (χ4v) is 3.83. The van der Waals surface area contributed by atoms with Gasteiger partial charge in [-0.3, -0.25) is 4.98 Å². The maximum absolute atomic E-state index is 4.91. The van der Waals surface area contributed by atoms with Gasteiger partial charge in [0.1, 0.15) is 0 Å². The summed E-state index contributed by atoms with van der Waals surface area (Å²) in [5.74, 6) is 1.17. The number of nitrogens with zero attached hydrogens (tertiary/aromatic N) is 1. The van der Waals surface area contributed by atoms with Crippen LogP contribution in [0.3, 0.4) is 0 Å². The average Bonchev–Trinajstić information content (AvgIpc) is 2.39. The first-order valence-electron chi connectivity index (χ1n) is 6.41. The molecule has 1 aromatic heterocycles. The minimum Gasteiger partial charge on any atom is -0.257 e. The lowest BCUT2D eigenvalue weighted by molar-refractivity contribution is 0.929. The summed E-state index contributed by atoms with van der Waals surface area (Å²) >= 11 is 1.97. The van der Waals surface area contributed by atoms with Gasteiger partial charge < -0.3 is 0 Å². The van der Waals surface area contributed by atoms with E-state index in [1.54, 1.807) is 0 Å². The highest BCUT2D eigenvalue weighted by Gasteiger charge is 2.17. The van der Waals surface area contributed by atoms with E-state index in [9.17, 15) is 0 Å². The van der Waals surface area contributed by atoms with Gasteiger partial charge in [0, 0.05) is 21.7 Å². The molecule has 1 aromatic carbocycles. The Labute approximate surface area is 107 Å². The van der Waals surface area contributed by atoms with E-state index in [0.29, 0.717) is 0 Å². The molecule has 0 aliphatic carbocycles. The fourth-order valence-electron chi connectivity index (χ4n) is 2.77. The minimum absolute atomic E-state index is 1.05. The molecule has 3 rings (SSSR count). The fraction of sp³-hybridized carbons (Fsp3) is 0.400. The zero-order valence-electron chi connectivity index (χ0n) is 10.4. The number of thioether (sulfide) groups is 1. The Balaban J connectivity index is 2.43. The Hall–Kier alpha value is -1.02. The van der Waals surface area contributed by atoms with E-state index in [-0.39, 0.29) is 0 Å². The summed E-state index contributed by atoms with van der Waals surface area (Å²) in [5, 5.41) is 2.87. The van der Waals surface area contributed by atoms with Gasteiger partial charge in [0.25, 0.3) is 0 Å². The first kappa shape index (κ1) is 11.1. The summed E-state index contributed by atoms with van der Waals surface area (Å²) in [4.78, 5) is 6.33. The van der Waals surface area contributed by atoms with Crippen molar-refractivity contribution in [2.45, 2.75) is 38.0 Å². The maximum atomic E-state index is 4.91. The molecule has 0 fully saturated rings. The number of aromatic nitrogens is 1. The van der Waals surface area contributed by atoms with E-state index in [1.165, 1.54) is 38.4 Å². The summed E-state index contributed by atoms with van der Waals surface area (Å²) in [6.07, 6.45) is 3.25. The average molecular weight is 243 g/mol. The summed E-state index contributed by atoms with van der Waals surface area (Å²) < 4.78 is 0. The monoisotopic (exact) mass is 243 g/mol. The third-order valence-corrected chi connectivity index (χ3v) is 4.60. The van der Waals surface area contributed by atoms with Gasteiger partial charge in [-0.05, 0) is 36.3 Å². The molecule has 1 aliphatic heterocycles. The minimum atomic E-state index is 1.05.